The molecule has 2 atom stereocenters. The molecule has 0 saturated heterocycles. The quantitative estimate of drug-likeness (QED) is 0.826. The fourth-order valence-electron chi connectivity index (χ4n) is 2.65. The highest BCUT2D eigenvalue weighted by Crippen LogP contribution is 2.28. The summed E-state index contributed by atoms with van der Waals surface area (Å²) in [5, 5.41) is 3.40. The van der Waals surface area contributed by atoms with E-state index in [0.29, 0.717) is 5.92 Å². The fourth-order valence-corrected chi connectivity index (χ4v) is 2.65. The lowest BCUT2D eigenvalue weighted by Crippen LogP contribution is -2.18. The molecular weight excluding hydrogens is 246 g/mol. The monoisotopic (exact) mass is 271 g/mol. The third kappa shape index (κ3) is 2.96. The SMILES string of the molecule is CCc1occc1C(NC)c1ccc(C(C)CC)cc1. The van der Waals surface area contributed by atoms with Crippen molar-refractivity contribution in [1.82, 2.24) is 5.32 Å². The van der Waals surface area contributed by atoms with E-state index < -0.39 is 0 Å². The summed E-state index contributed by atoms with van der Waals surface area (Å²) in [6, 6.07) is 11.2. The Morgan fingerprint density at radius 2 is 1.70 bits per heavy atom. The highest BCUT2D eigenvalue weighted by molar-refractivity contribution is 5.35. The summed E-state index contributed by atoms with van der Waals surface area (Å²) in [5.74, 6) is 1.69. The lowest BCUT2D eigenvalue weighted by Gasteiger charge is -2.18. The topological polar surface area (TPSA) is 25.2 Å². The van der Waals surface area contributed by atoms with Crippen LogP contribution in [0.5, 0.6) is 0 Å². The molecule has 1 heterocycles. The van der Waals surface area contributed by atoms with Crippen molar-refractivity contribution in [2.24, 2.45) is 0 Å². The van der Waals surface area contributed by atoms with Crippen molar-refractivity contribution in [2.45, 2.75) is 45.6 Å². The lowest BCUT2D eigenvalue weighted by molar-refractivity contribution is 0.505. The summed E-state index contributed by atoms with van der Waals surface area (Å²) >= 11 is 0. The molecule has 0 bridgehead atoms. The van der Waals surface area contributed by atoms with E-state index in [1.807, 2.05) is 7.05 Å². The summed E-state index contributed by atoms with van der Waals surface area (Å²) < 4.78 is 5.56. The number of furan rings is 1. The number of rotatable bonds is 6. The van der Waals surface area contributed by atoms with E-state index >= 15 is 0 Å². The molecule has 20 heavy (non-hydrogen) atoms. The third-order valence-corrected chi connectivity index (χ3v) is 4.15. The zero-order chi connectivity index (χ0) is 14.5. The Hall–Kier alpha value is -1.54. The van der Waals surface area contributed by atoms with Gasteiger partial charge in [-0.15, -0.1) is 0 Å². The van der Waals surface area contributed by atoms with E-state index in [0.717, 1.165) is 12.2 Å². The summed E-state index contributed by atoms with van der Waals surface area (Å²) in [7, 11) is 2.00. The molecule has 2 nitrogen and oxygen atoms in total. The third-order valence-electron chi connectivity index (χ3n) is 4.15. The van der Waals surface area contributed by atoms with Crippen LogP contribution < -0.4 is 5.32 Å². The molecule has 0 aliphatic heterocycles. The van der Waals surface area contributed by atoms with Crippen LogP contribution in [-0.2, 0) is 6.42 Å². The fraction of sp³-hybridized carbons (Fsp3) is 0.444. The van der Waals surface area contributed by atoms with E-state index in [9.17, 15) is 0 Å². The summed E-state index contributed by atoms with van der Waals surface area (Å²) in [6.07, 6.45) is 3.88. The van der Waals surface area contributed by atoms with Gasteiger partial charge in [-0.1, -0.05) is 45.0 Å². The van der Waals surface area contributed by atoms with Gasteiger partial charge in [0, 0.05) is 12.0 Å². The Morgan fingerprint density at radius 1 is 1.05 bits per heavy atom. The van der Waals surface area contributed by atoms with Crippen molar-refractivity contribution >= 4 is 0 Å². The van der Waals surface area contributed by atoms with Gasteiger partial charge in [0.1, 0.15) is 5.76 Å². The molecule has 0 radical (unpaired) electrons. The second-order valence-electron chi connectivity index (χ2n) is 5.35. The first-order valence-electron chi connectivity index (χ1n) is 7.54. The molecule has 0 fully saturated rings. The molecule has 0 aliphatic rings. The standard InChI is InChI=1S/C18H25NO/c1-5-13(3)14-7-9-15(10-8-14)18(19-4)16-11-12-20-17(16)6-2/h7-13,18-19H,5-6H2,1-4H3. The second kappa shape index (κ2) is 6.76. The number of aryl methyl sites for hydroxylation is 1. The lowest BCUT2D eigenvalue weighted by atomic mass is 9.93. The van der Waals surface area contributed by atoms with Crippen molar-refractivity contribution in [2.75, 3.05) is 7.05 Å². The Morgan fingerprint density at radius 3 is 2.25 bits per heavy atom. The number of hydrogen-bond acceptors (Lipinski definition) is 2. The summed E-state index contributed by atoms with van der Waals surface area (Å²) in [5.41, 5.74) is 3.94. The largest absolute Gasteiger partial charge is 0.469 e. The number of hydrogen-bond donors (Lipinski definition) is 1. The van der Waals surface area contributed by atoms with Crippen LogP contribution in [0.4, 0.5) is 0 Å². The molecule has 0 aliphatic carbocycles. The second-order valence-corrected chi connectivity index (χ2v) is 5.35. The predicted octanol–water partition coefficient (Wildman–Crippen LogP) is 4.66. The van der Waals surface area contributed by atoms with Crippen LogP contribution in [0.2, 0.25) is 0 Å². The van der Waals surface area contributed by atoms with Gasteiger partial charge in [-0.3, -0.25) is 0 Å². The molecule has 2 aromatic rings. The Labute approximate surface area is 122 Å². The molecule has 1 aromatic carbocycles. The maximum absolute atomic E-state index is 5.56. The van der Waals surface area contributed by atoms with Crippen LogP contribution in [0.3, 0.4) is 0 Å². The molecular formula is C18H25NO. The molecule has 0 spiro atoms. The maximum atomic E-state index is 5.56. The van der Waals surface area contributed by atoms with Crippen LogP contribution in [0, 0.1) is 0 Å². The Balaban J connectivity index is 2.28. The van der Waals surface area contributed by atoms with Gasteiger partial charge in [0.2, 0.25) is 0 Å². The van der Waals surface area contributed by atoms with Gasteiger partial charge in [-0.05, 0) is 36.6 Å². The predicted molar refractivity (Wildman–Crippen MR) is 84.1 cm³/mol. The van der Waals surface area contributed by atoms with Crippen molar-refractivity contribution in [3.05, 3.63) is 59.0 Å². The van der Waals surface area contributed by atoms with Gasteiger partial charge >= 0.3 is 0 Å². The summed E-state index contributed by atoms with van der Waals surface area (Å²) in [4.78, 5) is 0. The van der Waals surface area contributed by atoms with Crippen molar-refractivity contribution in [3.63, 3.8) is 0 Å². The average molecular weight is 271 g/mol. The normalized spacial score (nSPS) is 14.2. The van der Waals surface area contributed by atoms with E-state index in [1.165, 1.54) is 23.1 Å². The van der Waals surface area contributed by atoms with Gasteiger partial charge in [0.25, 0.3) is 0 Å². The van der Waals surface area contributed by atoms with Crippen LogP contribution >= 0.6 is 0 Å². The highest BCUT2D eigenvalue weighted by Gasteiger charge is 2.17. The molecule has 0 saturated carbocycles. The van der Waals surface area contributed by atoms with Crippen molar-refractivity contribution in [1.29, 1.82) is 0 Å². The molecule has 2 unspecified atom stereocenters. The van der Waals surface area contributed by atoms with E-state index in [2.05, 4.69) is 56.4 Å². The van der Waals surface area contributed by atoms with Gasteiger partial charge in [0.05, 0.1) is 12.3 Å². The Kier molecular flexibility index (Phi) is 5.02. The van der Waals surface area contributed by atoms with Gasteiger partial charge in [-0.2, -0.15) is 0 Å². The number of nitrogens with one attached hydrogen (secondary N) is 1. The smallest absolute Gasteiger partial charge is 0.108 e. The van der Waals surface area contributed by atoms with Crippen molar-refractivity contribution < 1.29 is 4.42 Å². The average Bonchev–Trinajstić information content (AvgIpc) is 2.96. The van der Waals surface area contributed by atoms with E-state index in [4.69, 9.17) is 4.42 Å². The van der Waals surface area contributed by atoms with Crippen LogP contribution in [-0.4, -0.2) is 7.05 Å². The first-order valence-corrected chi connectivity index (χ1v) is 7.54. The van der Waals surface area contributed by atoms with Crippen LogP contribution in [0.1, 0.15) is 61.6 Å². The molecule has 2 rings (SSSR count). The minimum absolute atomic E-state index is 0.203. The van der Waals surface area contributed by atoms with Gasteiger partial charge < -0.3 is 9.73 Å². The molecule has 1 N–H and O–H groups in total. The minimum atomic E-state index is 0.203. The van der Waals surface area contributed by atoms with E-state index in [-0.39, 0.29) is 6.04 Å². The van der Waals surface area contributed by atoms with Crippen molar-refractivity contribution in [3.8, 4) is 0 Å². The van der Waals surface area contributed by atoms with Crippen LogP contribution in [0.25, 0.3) is 0 Å². The van der Waals surface area contributed by atoms with Gasteiger partial charge in [0.15, 0.2) is 0 Å². The summed E-state index contributed by atoms with van der Waals surface area (Å²) in [6.45, 7) is 6.63. The highest BCUT2D eigenvalue weighted by atomic mass is 16.3. The zero-order valence-corrected chi connectivity index (χ0v) is 12.9. The number of benzene rings is 1. The molecule has 0 amide bonds. The minimum Gasteiger partial charge on any atom is -0.469 e. The zero-order valence-electron chi connectivity index (χ0n) is 12.9. The molecule has 1 aromatic heterocycles. The van der Waals surface area contributed by atoms with Gasteiger partial charge in [-0.25, -0.2) is 0 Å². The van der Waals surface area contributed by atoms with E-state index in [1.54, 1.807) is 6.26 Å². The molecule has 108 valence electrons. The Bertz CT molecular complexity index is 527. The van der Waals surface area contributed by atoms with Crippen LogP contribution in [0.15, 0.2) is 41.0 Å². The maximum Gasteiger partial charge on any atom is 0.108 e. The molecule has 2 heteroatoms. The first-order chi connectivity index (χ1) is 9.71. The first kappa shape index (κ1) is 14.9.